The Morgan fingerprint density at radius 1 is 1.05 bits per heavy atom. The number of aryl methyl sites for hydroxylation is 1. The molecule has 1 saturated heterocycles. The van der Waals surface area contributed by atoms with Gasteiger partial charge in [0.1, 0.15) is 0 Å². The highest BCUT2D eigenvalue weighted by molar-refractivity contribution is 5.95. The zero-order chi connectivity index (χ0) is 13.9. The van der Waals surface area contributed by atoms with E-state index in [1.54, 1.807) is 0 Å². The molecule has 3 heteroatoms. The summed E-state index contributed by atoms with van der Waals surface area (Å²) in [5.41, 5.74) is 1.94. The minimum Gasteiger partial charge on any atom is -0.336 e. The second-order valence-electron chi connectivity index (χ2n) is 6.08. The second kappa shape index (κ2) is 5.96. The maximum Gasteiger partial charge on any atom is 0.254 e. The molecule has 1 heterocycles. The van der Waals surface area contributed by atoms with Crippen LogP contribution in [0.15, 0.2) is 24.3 Å². The van der Waals surface area contributed by atoms with E-state index in [2.05, 4.69) is 4.90 Å². The van der Waals surface area contributed by atoms with Crippen LogP contribution in [0.25, 0.3) is 0 Å². The zero-order valence-corrected chi connectivity index (χ0v) is 12.3. The highest BCUT2D eigenvalue weighted by Crippen LogP contribution is 2.24. The van der Waals surface area contributed by atoms with E-state index in [0.717, 1.165) is 43.3 Å². The van der Waals surface area contributed by atoms with Gasteiger partial charge in [0.15, 0.2) is 0 Å². The summed E-state index contributed by atoms with van der Waals surface area (Å²) in [6.07, 6.45) is 5.47. The van der Waals surface area contributed by atoms with Gasteiger partial charge in [-0.1, -0.05) is 31.0 Å². The lowest BCUT2D eigenvalue weighted by molar-refractivity contribution is 0.0572. The Labute approximate surface area is 121 Å². The number of carbonyl (C=O) groups excluding carboxylic acids is 1. The molecule has 1 aromatic rings. The van der Waals surface area contributed by atoms with E-state index in [4.69, 9.17) is 0 Å². The summed E-state index contributed by atoms with van der Waals surface area (Å²) in [5.74, 6) is 0.203. The lowest BCUT2D eigenvalue weighted by Gasteiger charge is -2.38. The van der Waals surface area contributed by atoms with Crippen molar-refractivity contribution in [2.45, 2.75) is 38.6 Å². The quantitative estimate of drug-likeness (QED) is 0.826. The predicted molar refractivity (Wildman–Crippen MR) is 80.9 cm³/mol. The second-order valence-corrected chi connectivity index (χ2v) is 6.08. The summed E-state index contributed by atoms with van der Waals surface area (Å²) in [6, 6.07) is 8.69. The van der Waals surface area contributed by atoms with Gasteiger partial charge in [-0.15, -0.1) is 0 Å². The third-order valence-corrected chi connectivity index (χ3v) is 4.82. The molecule has 20 heavy (non-hydrogen) atoms. The van der Waals surface area contributed by atoms with Crippen LogP contribution in [-0.4, -0.2) is 47.9 Å². The Kier molecular flexibility index (Phi) is 4.06. The summed E-state index contributed by atoms with van der Waals surface area (Å²) in [4.78, 5) is 17.2. The lowest BCUT2D eigenvalue weighted by Crippen LogP contribution is -2.51. The molecule has 1 aliphatic heterocycles. The highest BCUT2D eigenvalue weighted by Gasteiger charge is 2.28. The van der Waals surface area contributed by atoms with Gasteiger partial charge in [0.05, 0.1) is 0 Å². The first-order valence-electron chi connectivity index (χ1n) is 7.84. The van der Waals surface area contributed by atoms with Crippen LogP contribution in [0.1, 0.15) is 41.6 Å². The Morgan fingerprint density at radius 3 is 2.35 bits per heavy atom. The van der Waals surface area contributed by atoms with Gasteiger partial charge >= 0.3 is 0 Å². The molecule has 2 fully saturated rings. The van der Waals surface area contributed by atoms with Gasteiger partial charge < -0.3 is 4.90 Å². The number of rotatable bonds is 2. The topological polar surface area (TPSA) is 23.6 Å². The van der Waals surface area contributed by atoms with Crippen LogP contribution in [-0.2, 0) is 0 Å². The number of hydrogen-bond acceptors (Lipinski definition) is 2. The van der Waals surface area contributed by atoms with Gasteiger partial charge in [-0.3, -0.25) is 9.69 Å². The van der Waals surface area contributed by atoms with Gasteiger partial charge in [-0.2, -0.15) is 0 Å². The molecule has 108 valence electrons. The van der Waals surface area contributed by atoms with Gasteiger partial charge in [0.2, 0.25) is 0 Å². The molecule has 1 amide bonds. The SMILES string of the molecule is Cc1ccccc1C(=O)N1CCN(C2CCCC2)CC1. The molecule has 0 spiro atoms. The van der Waals surface area contributed by atoms with Crippen molar-refractivity contribution >= 4 is 5.91 Å². The summed E-state index contributed by atoms with van der Waals surface area (Å²) in [5, 5.41) is 0. The van der Waals surface area contributed by atoms with Crippen molar-refractivity contribution in [1.82, 2.24) is 9.80 Å². The maximum atomic E-state index is 12.6. The van der Waals surface area contributed by atoms with E-state index in [1.165, 1.54) is 25.7 Å². The fourth-order valence-corrected chi connectivity index (χ4v) is 3.54. The Hall–Kier alpha value is -1.35. The first kappa shape index (κ1) is 13.6. The van der Waals surface area contributed by atoms with Crippen molar-refractivity contribution in [3.63, 3.8) is 0 Å². The fraction of sp³-hybridized carbons (Fsp3) is 0.588. The molecule has 2 aliphatic rings. The minimum absolute atomic E-state index is 0.203. The van der Waals surface area contributed by atoms with Gasteiger partial charge in [0.25, 0.3) is 5.91 Å². The van der Waals surface area contributed by atoms with Crippen molar-refractivity contribution < 1.29 is 4.79 Å². The van der Waals surface area contributed by atoms with E-state index >= 15 is 0 Å². The summed E-state index contributed by atoms with van der Waals surface area (Å²) >= 11 is 0. The molecular weight excluding hydrogens is 248 g/mol. The third-order valence-electron chi connectivity index (χ3n) is 4.82. The fourth-order valence-electron chi connectivity index (χ4n) is 3.54. The molecule has 0 aromatic heterocycles. The van der Waals surface area contributed by atoms with Crippen LogP contribution in [0.2, 0.25) is 0 Å². The molecule has 1 aromatic carbocycles. The molecular formula is C17H24N2O. The van der Waals surface area contributed by atoms with Crippen LogP contribution in [0.5, 0.6) is 0 Å². The van der Waals surface area contributed by atoms with Gasteiger partial charge in [-0.25, -0.2) is 0 Å². The van der Waals surface area contributed by atoms with Crippen LogP contribution < -0.4 is 0 Å². The molecule has 3 rings (SSSR count). The number of piperazine rings is 1. The van der Waals surface area contributed by atoms with Crippen molar-refractivity contribution in [3.8, 4) is 0 Å². The summed E-state index contributed by atoms with van der Waals surface area (Å²) in [7, 11) is 0. The maximum absolute atomic E-state index is 12.6. The normalized spacial score (nSPS) is 21.4. The monoisotopic (exact) mass is 272 g/mol. The van der Waals surface area contributed by atoms with E-state index < -0.39 is 0 Å². The van der Waals surface area contributed by atoms with E-state index in [-0.39, 0.29) is 5.91 Å². The highest BCUT2D eigenvalue weighted by atomic mass is 16.2. The van der Waals surface area contributed by atoms with Crippen molar-refractivity contribution in [1.29, 1.82) is 0 Å². The van der Waals surface area contributed by atoms with E-state index in [1.807, 2.05) is 36.1 Å². The molecule has 0 unspecified atom stereocenters. The molecule has 1 saturated carbocycles. The smallest absolute Gasteiger partial charge is 0.254 e. The minimum atomic E-state index is 0.203. The number of benzene rings is 1. The number of carbonyl (C=O) groups is 1. The van der Waals surface area contributed by atoms with Gasteiger partial charge in [0, 0.05) is 37.8 Å². The largest absolute Gasteiger partial charge is 0.336 e. The zero-order valence-electron chi connectivity index (χ0n) is 12.3. The first-order valence-corrected chi connectivity index (χ1v) is 7.84. The summed E-state index contributed by atoms with van der Waals surface area (Å²) < 4.78 is 0. The number of nitrogens with zero attached hydrogens (tertiary/aromatic N) is 2. The molecule has 0 N–H and O–H groups in total. The Balaban J connectivity index is 1.60. The Morgan fingerprint density at radius 2 is 1.70 bits per heavy atom. The van der Waals surface area contributed by atoms with Crippen LogP contribution in [0.4, 0.5) is 0 Å². The first-order chi connectivity index (χ1) is 9.75. The molecule has 0 bridgehead atoms. The van der Waals surface area contributed by atoms with Crippen LogP contribution in [0, 0.1) is 6.92 Å². The van der Waals surface area contributed by atoms with E-state index in [0.29, 0.717) is 0 Å². The molecule has 1 aliphatic carbocycles. The average molecular weight is 272 g/mol. The van der Waals surface area contributed by atoms with Crippen molar-refractivity contribution in [2.24, 2.45) is 0 Å². The molecule has 3 nitrogen and oxygen atoms in total. The molecule has 0 radical (unpaired) electrons. The lowest BCUT2D eigenvalue weighted by atomic mass is 10.1. The van der Waals surface area contributed by atoms with Crippen LogP contribution in [0.3, 0.4) is 0 Å². The molecule has 0 atom stereocenters. The Bertz CT molecular complexity index is 472. The standard InChI is InChI=1S/C17H24N2O/c1-14-6-2-5-9-16(14)17(20)19-12-10-18(11-13-19)15-7-3-4-8-15/h2,5-6,9,15H,3-4,7-8,10-13H2,1H3. The van der Waals surface area contributed by atoms with Crippen LogP contribution >= 0.6 is 0 Å². The average Bonchev–Trinajstić information content (AvgIpc) is 3.01. The van der Waals surface area contributed by atoms with Crippen molar-refractivity contribution in [3.05, 3.63) is 35.4 Å². The predicted octanol–water partition coefficient (Wildman–Crippen LogP) is 2.70. The number of hydrogen-bond donors (Lipinski definition) is 0. The third kappa shape index (κ3) is 2.73. The van der Waals surface area contributed by atoms with E-state index in [9.17, 15) is 4.79 Å². The van der Waals surface area contributed by atoms with Crippen molar-refractivity contribution in [2.75, 3.05) is 26.2 Å². The number of amides is 1. The van der Waals surface area contributed by atoms with Gasteiger partial charge in [-0.05, 0) is 31.4 Å². The summed E-state index contributed by atoms with van der Waals surface area (Å²) in [6.45, 7) is 5.86.